The monoisotopic (exact) mass is 312 g/mol. The molecular weight excluding hydrogens is 292 g/mol. The maximum atomic E-state index is 10.5. The Bertz CT molecular complexity index is 457. The number of aromatic nitrogens is 2. The van der Waals surface area contributed by atoms with Gasteiger partial charge in [-0.15, -0.1) is 0 Å². The highest BCUT2D eigenvalue weighted by atomic mass is 79.9. The zero-order chi connectivity index (χ0) is 12.9. The molecule has 1 aromatic heterocycles. The molecule has 18 heavy (non-hydrogen) atoms. The van der Waals surface area contributed by atoms with Gasteiger partial charge in [0.15, 0.2) is 0 Å². The number of fused-ring (bicyclic) bond motifs is 2. The van der Waals surface area contributed by atoms with Gasteiger partial charge in [-0.1, -0.05) is 6.42 Å². The standard InChI is InChI=1S/C14H21BrN2O/c1-8-14(15)12(17(2)16-8)7-13(18)11-6-9-3-4-10(11)5-9/h9-11,13,18H,3-7H2,1-2H3. The molecule has 3 nitrogen and oxygen atoms in total. The smallest absolute Gasteiger partial charge is 0.0738 e. The fourth-order valence-corrected chi connectivity index (χ4v) is 4.51. The Labute approximate surface area is 117 Å². The molecule has 1 N–H and O–H groups in total. The third-order valence-corrected chi connectivity index (χ3v) is 5.98. The molecular formula is C14H21BrN2O. The topological polar surface area (TPSA) is 38.0 Å². The number of nitrogens with zero attached hydrogens (tertiary/aromatic N) is 2. The summed E-state index contributed by atoms with van der Waals surface area (Å²) in [7, 11) is 1.96. The molecule has 4 atom stereocenters. The van der Waals surface area contributed by atoms with Crippen molar-refractivity contribution >= 4 is 15.9 Å². The van der Waals surface area contributed by atoms with Crippen LogP contribution in [0.2, 0.25) is 0 Å². The lowest BCUT2D eigenvalue weighted by atomic mass is 9.83. The van der Waals surface area contributed by atoms with Crippen LogP contribution in [0.25, 0.3) is 0 Å². The molecule has 0 spiro atoms. The zero-order valence-electron chi connectivity index (χ0n) is 11.1. The molecule has 100 valence electrons. The average molecular weight is 313 g/mol. The van der Waals surface area contributed by atoms with Crippen LogP contribution >= 0.6 is 15.9 Å². The minimum atomic E-state index is -0.202. The Balaban J connectivity index is 1.72. The first-order valence-electron chi connectivity index (χ1n) is 6.92. The summed E-state index contributed by atoms with van der Waals surface area (Å²) in [6, 6.07) is 0. The van der Waals surface area contributed by atoms with Crippen LogP contribution in [0, 0.1) is 24.7 Å². The van der Waals surface area contributed by atoms with Crippen LogP contribution < -0.4 is 0 Å². The predicted octanol–water partition coefficient (Wildman–Crippen LogP) is 2.83. The van der Waals surface area contributed by atoms with Crippen LogP contribution in [0.4, 0.5) is 0 Å². The Morgan fingerprint density at radius 1 is 1.44 bits per heavy atom. The van der Waals surface area contributed by atoms with Crippen molar-refractivity contribution in [3.05, 3.63) is 15.9 Å². The van der Waals surface area contributed by atoms with Crippen LogP contribution in [0.5, 0.6) is 0 Å². The molecule has 4 heteroatoms. The van der Waals surface area contributed by atoms with Crippen molar-refractivity contribution in [3.63, 3.8) is 0 Å². The zero-order valence-corrected chi connectivity index (χ0v) is 12.7. The molecule has 2 aliphatic rings. The SMILES string of the molecule is Cc1nn(C)c(CC(O)C2CC3CCC2C3)c1Br. The van der Waals surface area contributed by atoms with Gasteiger partial charge in [-0.05, 0) is 59.9 Å². The van der Waals surface area contributed by atoms with E-state index in [9.17, 15) is 5.11 Å². The van der Waals surface area contributed by atoms with Gasteiger partial charge in [-0.2, -0.15) is 5.10 Å². The van der Waals surface area contributed by atoms with Crippen molar-refractivity contribution in [3.8, 4) is 0 Å². The van der Waals surface area contributed by atoms with Crippen LogP contribution in [-0.2, 0) is 13.5 Å². The molecule has 2 fully saturated rings. The van der Waals surface area contributed by atoms with Crippen molar-refractivity contribution in [2.24, 2.45) is 24.8 Å². The molecule has 2 bridgehead atoms. The molecule has 4 unspecified atom stereocenters. The van der Waals surface area contributed by atoms with E-state index in [4.69, 9.17) is 0 Å². The van der Waals surface area contributed by atoms with Crippen molar-refractivity contribution in [2.75, 3.05) is 0 Å². The van der Waals surface area contributed by atoms with Gasteiger partial charge in [0, 0.05) is 13.5 Å². The summed E-state index contributed by atoms with van der Waals surface area (Å²) < 4.78 is 2.96. The third kappa shape index (κ3) is 2.03. The number of aliphatic hydroxyl groups is 1. The first-order valence-corrected chi connectivity index (χ1v) is 7.71. The normalized spacial score (nSPS) is 32.1. The lowest BCUT2D eigenvalue weighted by molar-refractivity contribution is 0.0734. The van der Waals surface area contributed by atoms with Crippen molar-refractivity contribution in [2.45, 2.75) is 45.1 Å². The highest BCUT2D eigenvalue weighted by Crippen LogP contribution is 2.50. The molecule has 0 aromatic carbocycles. The van der Waals surface area contributed by atoms with E-state index in [1.165, 1.54) is 25.7 Å². The van der Waals surface area contributed by atoms with Crippen molar-refractivity contribution < 1.29 is 5.11 Å². The number of hydrogen-bond acceptors (Lipinski definition) is 2. The fraction of sp³-hybridized carbons (Fsp3) is 0.786. The average Bonchev–Trinajstić information content (AvgIpc) is 3.00. The molecule has 3 rings (SSSR count). The lowest BCUT2D eigenvalue weighted by Gasteiger charge is -2.26. The second-order valence-electron chi connectivity index (χ2n) is 6.08. The van der Waals surface area contributed by atoms with Gasteiger partial charge in [0.25, 0.3) is 0 Å². The number of rotatable bonds is 3. The summed E-state index contributed by atoms with van der Waals surface area (Å²) in [6.07, 6.45) is 5.84. The van der Waals surface area contributed by atoms with Gasteiger partial charge < -0.3 is 5.11 Å². The Hall–Kier alpha value is -0.350. The van der Waals surface area contributed by atoms with Crippen molar-refractivity contribution in [1.29, 1.82) is 0 Å². The first-order chi connectivity index (χ1) is 8.56. The van der Waals surface area contributed by atoms with Gasteiger partial charge >= 0.3 is 0 Å². The summed E-state index contributed by atoms with van der Waals surface area (Å²) in [5, 5.41) is 14.9. The number of hydrogen-bond donors (Lipinski definition) is 1. The summed E-state index contributed by atoms with van der Waals surface area (Å²) >= 11 is 3.58. The summed E-state index contributed by atoms with van der Waals surface area (Å²) in [5.41, 5.74) is 2.13. The molecule has 2 saturated carbocycles. The Morgan fingerprint density at radius 2 is 2.22 bits per heavy atom. The van der Waals surface area contributed by atoms with E-state index in [0.29, 0.717) is 5.92 Å². The van der Waals surface area contributed by atoms with Crippen LogP contribution in [0.1, 0.15) is 37.1 Å². The summed E-state index contributed by atoms with van der Waals surface area (Å²) in [4.78, 5) is 0. The van der Waals surface area contributed by atoms with E-state index in [1.54, 1.807) is 0 Å². The highest BCUT2D eigenvalue weighted by Gasteiger charge is 2.42. The Kier molecular flexibility index (Phi) is 3.27. The summed E-state index contributed by atoms with van der Waals surface area (Å²) in [6.45, 7) is 2.00. The van der Waals surface area contributed by atoms with Crippen LogP contribution in [0.15, 0.2) is 4.47 Å². The molecule has 0 radical (unpaired) electrons. The second-order valence-corrected chi connectivity index (χ2v) is 6.87. The maximum Gasteiger partial charge on any atom is 0.0738 e. The second kappa shape index (κ2) is 4.64. The van der Waals surface area contributed by atoms with Gasteiger partial charge in [0.2, 0.25) is 0 Å². The minimum absolute atomic E-state index is 0.202. The van der Waals surface area contributed by atoms with Gasteiger partial charge in [-0.25, -0.2) is 0 Å². The molecule has 0 amide bonds. The van der Waals surface area contributed by atoms with Gasteiger partial charge in [0.05, 0.1) is 22.0 Å². The largest absolute Gasteiger partial charge is 0.392 e. The number of aryl methyl sites for hydroxylation is 2. The van der Waals surface area contributed by atoms with E-state index in [1.807, 2.05) is 18.7 Å². The van der Waals surface area contributed by atoms with Crippen molar-refractivity contribution in [1.82, 2.24) is 9.78 Å². The summed E-state index contributed by atoms with van der Waals surface area (Å²) in [5.74, 6) is 2.19. The van der Waals surface area contributed by atoms with E-state index in [0.717, 1.165) is 34.1 Å². The molecule has 0 saturated heterocycles. The third-order valence-electron chi connectivity index (χ3n) is 4.95. The van der Waals surface area contributed by atoms with E-state index < -0.39 is 0 Å². The maximum absolute atomic E-state index is 10.5. The fourth-order valence-electron chi connectivity index (χ4n) is 4.02. The quantitative estimate of drug-likeness (QED) is 0.932. The number of halogens is 1. The number of aliphatic hydroxyl groups excluding tert-OH is 1. The van der Waals surface area contributed by atoms with Gasteiger partial charge in [-0.3, -0.25) is 4.68 Å². The van der Waals surface area contributed by atoms with Crippen LogP contribution in [-0.4, -0.2) is 21.0 Å². The molecule has 0 aliphatic heterocycles. The van der Waals surface area contributed by atoms with E-state index >= 15 is 0 Å². The van der Waals surface area contributed by atoms with Crippen LogP contribution in [0.3, 0.4) is 0 Å². The van der Waals surface area contributed by atoms with E-state index in [2.05, 4.69) is 21.0 Å². The minimum Gasteiger partial charge on any atom is -0.392 e. The molecule has 2 aliphatic carbocycles. The first kappa shape index (κ1) is 12.7. The Morgan fingerprint density at radius 3 is 2.72 bits per heavy atom. The molecule has 1 aromatic rings. The lowest BCUT2D eigenvalue weighted by Crippen LogP contribution is -2.28. The van der Waals surface area contributed by atoms with E-state index in [-0.39, 0.29) is 6.10 Å². The molecule has 1 heterocycles. The van der Waals surface area contributed by atoms with Gasteiger partial charge in [0.1, 0.15) is 0 Å². The predicted molar refractivity (Wildman–Crippen MR) is 74.3 cm³/mol. The highest BCUT2D eigenvalue weighted by molar-refractivity contribution is 9.10.